The molecule has 5 nitrogen and oxygen atoms in total. The lowest BCUT2D eigenvalue weighted by Crippen LogP contribution is -2.50. The molecule has 1 atom stereocenters. The molecule has 1 unspecified atom stereocenters. The lowest BCUT2D eigenvalue weighted by Gasteiger charge is -2.21. The van der Waals surface area contributed by atoms with Crippen LogP contribution in [0.3, 0.4) is 0 Å². The van der Waals surface area contributed by atoms with Crippen molar-refractivity contribution in [3.05, 3.63) is 48.0 Å². The van der Waals surface area contributed by atoms with E-state index in [-0.39, 0.29) is 36.6 Å². The van der Waals surface area contributed by atoms with Crippen LogP contribution in [0.2, 0.25) is 0 Å². The predicted octanol–water partition coefficient (Wildman–Crippen LogP) is 2.28. The van der Waals surface area contributed by atoms with Crippen molar-refractivity contribution in [2.75, 3.05) is 20.1 Å². The van der Waals surface area contributed by atoms with E-state index in [4.69, 9.17) is 0 Å². The molecule has 0 radical (unpaired) electrons. The smallest absolute Gasteiger partial charge is 0.242 e. The number of halogens is 1. The van der Waals surface area contributed by atoms with Gasteiger partial charge in [0, 0.05) is 13.1 Å². The summed E-state index contributed by atoms with van der Waals surface area (Å²) < 4.78 is 0. The molecule has 0 aliphatic rings. The van der Waals surface area contributed by atoms with Gasteiger partial charge in [0.15, 0.2) is 0 Å². The Morgan fingerprint density at radius 1 is 1.00 bits per heavy atom. The largest absolute Gasteiger partial charge is 0.353 e. The van der Waals surface area contributed by atoms with Gasteiger partial charge in [-0.15, -0.1) is 12.4 Å². The molecular formula is C20H28ClN3O2. The minimum absolute atomic E-state index is 0. The number of benzene rings is 2. The Balaban J connectivity index is 0.00000338. The topological polar surface area (TPSA) is 70.2 Å². The predicted molar refractivity (Wildman–Crippen MR) is 109 cm³/mol. The van der Waals surface area contributed by atoms with Crippen molar-refractivity contribution in [3.63, 3.8) is 0 Å². The normalized spacial score (nSPS) is 11.7. The summed E-state index contributed by atoms with van der Waals surface area (Å²) in [5, 5.41) is 10.9. The maximum absolute atomic E-state index is 12.4. The molecule has 2 aromatic carbocycles. The Labute approximate surface area is 161 Å². The summed E-state index contributed by atoms with van der Waals surface area (Å²) in [7, 11) is 1.83. The number of amides is 2. The summed E-state index contributed by atoms with van der Waals surface area (Å²) in [6.07, 6.45) is 0.262. The van der Waals surface area contributed by atoms with Gasteiger partial charge in [-0.1, -0.05) is 56.3 Å². The molecule has 0 saturated carbocycles. The van der Waals surface area contributed by atoms with Crippen LogP contribution in [0.25, 0.3) is 10.8 Å². The molecule has 0 aliphatic carbocycles. The molecule has 0 bridgehead atoms. The zero-order valence-electron chi connectivity index (χ0n) is 15.5. The van der Waals surface area contributed by atoms with E-state index in [1.807, 2.05) is 63.4 Å². The summed E-state index contributed by atoms with van der Waals surface area (Å²) in [5.41, 5.74) is 0.939. The summed E-state index contributed by atoms with van der Waals surface area (Å²) in [5.74, 6) is -0.259. The fourth-order valence-corrected chi connectivity index (χ4v) is 2.71. The molecule has 2 aromatic rings. The van der Waals surface area contributed by atoms with Crippen LogP contribution in [0, 0.1) is 5.92 Å². The van der Waals surface area contributed by atoms with Crippen molar-refractivity contribution < 1.29 is 9.59 Å². The SMILES string of the molecule is CNCCNC(=O)C(NC(=O)Cc1ccc2ccccc2c1)C(C)C.Cl. The first-order valence-electron chi connectivity index (χ1n) is 8.70. The van der Waals surface area contributed by atoms with Crippen LogP contribution in [0.1, 0.15) is 19.4 Å². The lowest BCUT2D eigenvalue weighted by atomic mass is 10.0. The Bertz CT molecular complexity index is 734. The number of likely N-dealkylation sites (N-methyl/N-ethyl adjacent to an activating group) is 1. The molecule has 2 amide bonds. The maximum atomic E-state index is 12.4. The van der Waals surface area contributed by atoms with E-state index in [0.717, 1.165) is 16.3 Å². The first-order chi connectivity index (χ1) is 12.0. The highest BCUT2D eigenvalue weighted by atomic mass is 35.5. The van der Waals surface area contributed by atoms with Gasteiger partial charge in [0.05, 0.1) is 6.42 Å². The molecule has 142 valence electrons. The van der Waals surface area contributed by atoms with Gasteiger partial charge >= 0.3 is 0 Å². The molecule has 0 saturated heterocycles. The van der Waals surface area contributed by atoms with E-state index in [1.54, 1.807) is 0 Å². The van der Waals surface area contributed by atoms with Crippen molar-refractivity contribution in [3.8, 4) is 0 Å². The zero-order chi connectivity index (χ0) is 18.2. The molecule has 0 aromatic heterocycles. The van der Waals surface area contributed by atoms with Gasteiger partial charge in [-0.3, -0.25) is 9.59 Å². The molecule has 0 aliphatic heterocycles. The third kappa shape index (κ3) is 6.32. The standard InChI is InChI=1S/C20H27N3O2.ClH/c1-14(2)19(20(25)22-11-10-21-3)23-18(24)13-15-8-9-16-6-4-5-7-17(16)12-15;/h4-9,12,14,19,21H,10-11,13H2,1-3H3,(H,22,25)(H,23,24);1H. The fraction of sp³-hybridized carbons (Fsp3) is 0.400. The van der Waals surface area contributed by atoms with E-state index in [1.165, 1.54) is 0 Å². The van der Waals surface area contributed by atoms with Crippen molar-refractivity contribution in [1.82, 2.24) is 16.0 Å². The minimum atomic E-state index is -0.523. The quantitative estimate of drug-likeness (QED) is 0.618. The number of hydrogen-bond acceptors (Lipinski definition) is 3. The van der Waals surface area contributed by atoms with Gasteiger partial charge in [-0.25, -0.2) is 0 Å². The van der Waals surface area contributed by atoms with Crippen molar-refractivity contribution >= 4 is 35.0 Å². The summed E-state index contributed by atoms with van der Waals surface area (Å²) in [6, 6.07) is 13.5. The van der Waals surface area contributed by atoms with Crippen LogP contribution in [0.15, 0.2) is 42.5 Å². The Morgan fingerprint density at radius 2 is 1.69 bits per heavy atom. The van der Waals surface area contributed by atoms with Gasteiger partial charge in [0.1, 0.15) is 6.04 Å². The van der Waals surface area contributed by atoms with E-state index in [0.29, 0.717) is 13.1 Å². The van der Waals surface area contributed by atoms with Gasteiger partial charge in [0.2, 0.25) is 11.8 Å². The second kappa shape index (κ2) is 10.8. The fourth-order valence-electron chi connectivity index (χ4n) is 2.71. The first-order valence-corrected chi connectivity index (χ1v) is 8.70. The molecule has 0 spiro atoms. The second-order valence-electron chi connectivity index (χ2n) is 6.54. The zero-order valence-corrected chi connectivity index (χ0v) is 16.4. The summed E-state index contributed by atoms with van der Waals surface area (Å²) >= 11 is 0. The average Bonchev–Trinajstić information content (AvgIpc) is 2.59. The number of carbonyl (C=O) groups is 2. The van der Waals surface area contributed by atoms with Gasteiger partial charge in [0.25, 0.3) is 0 Å². The highest BCUT2D eigenvalue weighted by molar-refractivity contribution is 5.89. The first kappa shape index (κ1) is 21.9. The number of fused-ring (bicyclic) bond motifs is 1. The van der Waals surface area contributed by atoms with Crippen molar-refractivity contribution in [1.29, 1.82) is 0 Å². The highest BCUT2D eigenvalue weighted by Gasteiger charge is 2.23. The third-order valence-corrected chi connectivity index (χ3v) is 4.12. The van der Waals surface area contributed by atoms with Gasteiger partial charge in [-0.05, 0) is 29.3 Å². The Hall–Kier alpha value is -2.11. The van der Waals surface area contributed by atoms with E-state index < -0.39 is 6.04 Å². The van der Waals surface area contributed by atoms with Crippen LogP contribution in [0.4, 0.5) is 0 Å². The molecule has 26 heavy (non-hydrogen) atoms. The van der Waals surface area contributed by atoms with Crippen LogP contribution in [-0.2, 0) is 16.0 Å². The molecule has 2 rings (SSSR count). The molecule has 3 N–H and O–H groups in total. The molecular weight excluding hydrogens is 350 g/mol. The minimum Gasteiger partial charge on any atom is -0.353 e. The van der Waals surface area contributed by atoms with Gasteiger partial charge < -0.3 is 16.0 Å². The monoisotopic (exact) mass is 377 g/mol. The van der Waals surface area contributed by atoms with Crippen LogP contribution in [0.5, 0.6) is 0 Å². The summed E-state index contributed by atoms with van der Waals surface area (Å²) in [6.45, 7) is 5.10. The summed E-state index contributed by atoms with van der Waals surface area (Å²) in [4.78, 5) is 24.7. The highest BCUT2D eigenvalue weighted by Crippen LogP contribution is 2.16. The van der Waals surface area contributed by atoms with Crippen LogP contribution < -0.4 is 16.0 Å². The Kier molecular flexibility index (Phi) is 9.10. The second-order valence-corrected chi connectivity index (χ2v) is 6.54. The molecule has 6 heteroatoms. The average molecular weight is 378 g/mol. The third-order valence-electron chi connectivity index (χ3n) is 4.12. The van der Waals surface area contributed by atoms with E-state index in [9.17, 15) is 9.59 Å². The molecule has 0 heterocycles. The van der Waals surface area contributed by atoms with Gasteiger partial charge in [-0.2, -0.15) is 0 Å². The lowest BCUT2D eigenvalue weighted by molar-refractivity contribution is -0.129. The van der Waals surface area contributed by atoms with E-state index in [2.05, 4.69) is 16.0 Å². The maximum Gasteiger partial charge on any atom is 0.242 e. The molecule has 0 fully saturated rings. The van der Waals surface area contributed by atoms with Crippen molar-refractivity contribution in [2.24, 2.45) is 5.92 Å². The number of rotatable bonds is 8. The number of hydrogen-bond donors (Lipinski definition) is 3. The van der Waals surface area contributed by atoms with E-state index >= 15 is 0 Å². The van der Waals surface area contributed by atoms with Crippen LogP contribution >= 0.6 is 12.4 Å². The number of carbonyl (C=O) groups excluding carboxylic acids is 2. The van der Waals surface area contributed by atoms with Crippen LogP contribution in [-0.4, -0.2) is 38.0 Å². The number of nitrogens with one attached hydrogen (secondary N) is 3. The van der Waals surface area contributed by atoms with Crippen molar-refractivity contribution in [2.45, 2.75) is 26.3 Å². The Morgan fingerprint density at radius 3 is 2.35 bits per heavy atom.